The lowest BCUT2D eigenvalue weighted by Crippen LogP contribution is -2.53. The van der Waals surface area contributed by atoms with E-state index < -0.39 is 5.79 Å². The van der Waals surface area contributed by atoms with Crippen molar-refractivity contribution in [2.24, 2.45) is 11.8 Å². The lowest BCUT2D eigenvalue weighted by Gasteiger charge is -2.50. The van der Waals surface area contributed by atoms with Crippen LogP contribution < -0.4 is 4.74 Å². The minimum atomic E-state index is -0.515. The molecule has 2 heterocycles. The molecule has 4 heteroatoms. The Morgan fingerprint density at radius 3 is 2.91 bits per heavy atom. The van der Waals surface area contributed by atoms with E-state index in [9.17, 15) is 0 Å². The van der Waals surface area contributed by atoms with E-state index in [-0.39, 0.29) is 0 Å². The fourth-order valence-electron chi connectivity index (χ4n) is 3.97. The van der Waals surface area contributed by atoms with E-state index in [1.165, 1.54) is 22.0 Å². The zero-order valence-corrected chi connectivity index (χ0v) is 16.6. The predicted molar refractivity (Wildman–Crippen MR) is 104 cm³/mol. The van der Waals surface area contributed by atoms with Crippen LogP contribution in [0.3, 0.4) is 0 Å². The lowest BCUT2D eigenvalue weighted by atomic mass is 9.72. The van der Waals surface area contributed by atoms with Crippen molar-refractivity contribution >= 4 is 45.2 Å². The number of halogens is 2. The average molecular weight is 520 g/mol. The normalized spacial score (nSPS) is 33.4. The average Bonchev–Trinajstić information content (AvgIpc) is 2.50. The van der Waals surface area contributed by atoms with Gasteiger partial charge in [0.2, 0.25) is 0 Å². The highest BCUT2D eigenvalue weighted by Gasteiger charge is 2.52. The predicted octanol–water partition coefficient (Wildman–Crippen LogP) is 5.59. The highest BCUT2D eigenvalue weighted by atomic mass is 127. The first-order chi connectivity index (χ1) is 10.6. The number of fused-ring (bicyclic) bond motifs is 2. The SMILES string of the molecule is C=C1O[C@@]23CC(CC=C1I)CC[C@@H]2Cc1cccc(I)c1O3. The van der Waals surface area contributed by atoms with Gasteiger partial charge in [0, 0.05) is 12.3 Å². The Hall–Kier alpha value is -0.240. The van der Waals surface area contributed by atoms with Crippen LogP contribution in [0.2, 0.25) is 0 Å². The third-order valence-electron chi connectivity index (χ3n) is 5.10. The van der Waals surface area contributed by atoms with Gasteiger partial charge in [-0.05, 0) is 88.4 Å². The smallest absolute Gasteiger partial charge is 0.254 e. The fourth-order valence-corrected chi connectivity index (χ4v) is 4.99. The van der Waals surface area contributed by atoms with Crippen LogP contribution >= 0.6 is 45.2 Å². The highest BCUT2D eigenvalue weighted by molar-refractivity contribution is 14.1. The maximum atomic E-state index is 6.56. The van der Waals surface area contributed by atoms with Crippen LogP contribution in [-0.2, 0) is 11.2 Å². The molecule has 1 fully saturated rings. The summed E-state index contributed by atoms with van der Waals surface area (Å²) in [7, 11) is 0. The van der Waals surface area contributed by atoms with Crippen LogP contribution in [0.25, 0.3) is 0 Å². The van der Waals surface area contributed by atoms with E-state index in [1.54, 1.807) is 0 Å². The molecule has 0 amide bonds. The van der Waals surface area contributed by atoms with Crippen LogP contribution in [0.4, 0.5) is 0 Å². The topological polar surface area (TPSA) is 18.5 Å². The molecule has 1 aliphatic carbocycles. The molecular weight excluding hydrogens is 502 g/mol. The number of rotatable bonds is 0. The quantitative estimate of drug-likeness (QED) is 0.416. The van der Waals surface area contributed by atoms with Gasteiger partial charge in [0.1, 0.15) is 11.5 Å². The van der Waals surface area contributed by atoms with E-state index in [2.05, 4.69) is 76.0 Å². The minimum Gasteiger partial charge on any atom is -0.452 e. The number of hydrogen-bond acceptors (Lipinski definition) is 2. The highest BCUT2D eigenvalue weighted by Crippen LogP contribution is 2.51. The second-order valence-corrected chi connectivity index (χ2v) is 8.83. The van der Waals surface area contributed by atoms with Crippen LogP contribution in [0, 0.1) is 15.4 Å². The van der Waals surface area contributed by atoms with Gasteiger partial charge in [0.15, 0.2) is 0 Å². The van der Waals surface area contributed by atoms with Crippen molar-refractivity contribution in [3.05, 3.63) is 49.3 Å². The molecule has 1 saturated carbocycles. The lowest BCUT2D eigenvalue weighted by molar-refractivity contribution is -0.225. The van der Waals surface area contributed by atoms with Crippen molar-refractivity contribution in [3.63, 3.8) is 0 Å². The molecule has 1 unspecified atom stereocenters. The zero-order chi connectivity index (χ0) is 15.3. The van der Waals surface area contributed by atoms with Gasteiger partial charge < -0.3 is 9.47 Å². The summed E-state index contributed by atoms with van der Waals surface area (Å²) < 4.78 is 15.2. The Morgan fingerprint density at radius 1 is 1.18 bits per heavy atom. The third-order valence-corrected chi connectivity index (χ3v) is 6.99. The second-order valence-electron chi connectivity index (χ2n) is 6.50. The maximum absolute atomic E-state index is 6.56. The van der Waals surface area contributed by atoms with Gasteiger partial charge in [0.25, 0.3) is 5.79 Å². The molecule has 0 saturated heterocycles. The molecule has 2 nitrogen and oxygen atoms in total. The second kappa shape index (κ2) is 5.69. The van der Waals surface area contributed by atoms with Crippen LogP contribution in [0.15, 0.2) is 40.2 Å². The molecule has 1 spiro atoms. The van der Waals surface area contributed by atoms with Crippen molar-refractivity contribution in [3.8, 4) is 5.75 Å². The number of allylic oxidation sites excluding steroid dienone is 2. The Bertz CT molecular complexity index is 667. The summed E-state index contributed by atoms with van der Waals surface area (Å²) in [6, 6.07) is 6.42. The summed E-state index contributed by atoms with van der Waals surface area (Å²) in [6.07, 6.45) is 7.84. The number of hydrogen-bond donors (Lipinski definition) is 0. The van der Waals surface area contributed by atoms with Crippen LogP contribution in [-0.4, -0.2) is 5.79 Å². The van der Waals surface area contributed by atoms with E-state index in [0.29, 0.717) is 11.8 Å². The Labute approximate surface area is 158 Å². The minimum absolute atomic E-state index is 0.425. The van der Waals surface area contributed by atoms with E-state index >= 15 is 0 Å². The van der Waals surface area contributed by atoms with E-state index in [4.69, 9.17) is 9.47 Å². The fraction of sp³-hybridized carbons (Fsp3) is 0.444. The van der Waals surface area contributed by atoms with Gasteiger partial charge in [-0.2, -0.15) is 0 Å². The Balaban J connectivity index is 1.78. The molecular formula is C18H18I2O2. The van der Waals surface area contributed by atoms with E-state index in [1.807, 2.05) is 0 Å². The maximum Gasteiger partial charge on any atom is 0.254 e. The summed E-state index contributed by atoms with van der Waals surface area (Å²) in [6.45, 7) is 4.13. The van der Waals surface area contributed by atoms with Crippen LogP contribution in [0.5, 0.6) is 5.75 Å². The standard InChI is InChI=1S/C18H18I2O2/c1-11-15(19)8-6-12-5-7-14-9-13-3-2-4-16(20)17(13)22-18(14,10-12)21-11/h2-4,8,12,14H,1,5-7,9-10H2/t12?,14-,18-/m1/s1. The largest absolute Gasteiger partial charge is 0.452 e. The van der Waals surface area contributed by atoms with Gasteiger partial charge >= 0.3 is 0 Å². The molecule has 22 heavy (non-hydrogen) atoms. The van der Waals surface area contributed by atoms with Gasteiger partial charge in [-0.3, -0.25) is 0 Å². The number of para-hydroxylation sites is 1. The van der Waals surface area contributed by atoms with Crippen molar-refractivity contribution < 1.29 is 9.47 Å². The first-order valence-corrected chi connectivity index (χ1v) is 9.93. The summed E-state index contributed by atoms with van der Waals surface area (Å²) >= 11 is 4.70. The molecule has 2 aliphatic heterocycles. The molecule has 0 aromatic heterocycles. The van der Waals surface area contributed by atoms with Crippen molar-refractivity contribution in [2.75, 3.05) is 0 Å². The van der Waals surface area contributed by atoms with Gasteiger partial charge in [-0.1, -0.05) is 24.8 Å². The molecule has 2 bridgehead atoms. The first kappa shape index (κ1) is 15.3. The molecule has 3 atom stereocenters. The molecule has 0 radical (unpaired) electrons. The monoisotopic (exact) mass is 520 g/mol. The zero-order valence-electron chi connectivity index (χ0n) is 12.3. The molecule has 3 aliphatic rings. The van der Waals surface area contributed by atoms with E-state index in [0.717, 1.165) is 34.4 Å². The first-order valence-electron chi connectivity index (χ1n) is 7.78. The van der Waals surface area contributed by atoms with Crippen LogP contribution in [0.1, 0.15) is 31.2 Å². The molecule has 0 N–H and O–H groups in total. The Morgan fingerprint density at radius 2 is 2.05 bits per heavy atom. The van der Waals surface area contributed by atoms with Gasteiger partial charge in [0.05, 0.1) is 7.15 Å². The molecule has 1 aromatic rings. The summed E-state index contributed by atoms with van der Waals surface area (Å²) in [4.78, 5) is 0. The molecule has 1 aromatic carbocycles. The summed E-state index contributed by atoms with van der Waals surface area (Å²) in [5.41, 5.74) is 1.32. The van der Waals surface area contributed by atoms with Gasteiger partial charge in [-0.15, -0.1) is 0 Å². The van der Waals surface area contributed by atoms with Gasteiger partial charge in [-0.25, -0.2) is 0 Å². The summed E-state index contributed by atoms with van der Waals surface area (Å²) in [5, 5.41) is 0. The third kappa shape index (κ3) is 2.50. The van der Waals surface area contributed by atoms with Crippen molar-refractivity contribution in [1.29, 1.82) is 0 Å². The Kier molecular flexibility index (Phi) is 3.95. The molecule has 4 rings (SSSR count). The summed E-state index contributed by atoms with van der Waals surface area (Å²) in [5.74, 6) is 2.34. The number of benzene rings is 1. The van der Waals surface area contributed by atoms with Crippen molar-refractivity contribution in [1.82, 2.24) is 0 Å². The number of ether oxygens (including phenoxy) is 2. The molecule has 116 valence electrons. The van der Waals surface area contributed by atoms with Crippen molar-refractivity contribution in [2.45, 2.75) is 37.9 Å².